The van der Waals surface area contributed by atoms with Gasteiger partial charge in [0.25, 0.3) is 0 Å². The predicted octanol–water partition coefficient (Wildman–Crippen LogP) is 0.752. The second-order valence-electron chi connectivity index (χ2n) is 2.91. The van der Waals surface area contributed by atoms with Gasteiger partial charge in [-0.05, 0) is 17.7 Å². The Bertz CT molecular complexity index is 389. The summed E-state index contributed by atoms with van der Waals surface area (Å²) in [4.78, 5) is 0. The van der Waals surface area contributed by atoms with Crippen molar-refractivity contribution in [1.82, 2.24) is 0 Å². The minimum Gasteiger partial charge on any atom is -0.494 e. The third kappa shape index (κ3) is 2.43. The van der Waals surface area contributed by atoms with E-state index in [1.54, 1.807) is 0 Å². The molecule has 0 saturated heterocycles. The summed E-state index contributed by atoms with van der Waals surface area (Å²) in [6.07, 6.45) is -2.99. The van der Waals surface area contributed by atoms with Crippen LogP contribution in [0.3, 0.4) is 0 Å². The molecule has 1 aromatic rings. The van der Waals surface area contributed by atoms with Crippen molar-refractivity contribution in [3.05, 3.63) is 29.6 Å². The minimum atomic E-state index is -1.57. The Labute approximate surface area is 86.2 Å². The molecule has 0 aliphatic heterocycles. The fraction of sp³-hybridized carbons (Fsp3) is 0.300. The fourth-order valence-corrected chi connectivity index (χ4v) is 1.12. The van der Waals surface area contributed by atoms with E-state index in [1.807, 2.05) is 0 Å². The first-order valence-corrected chi connectivity index (χ1v) is 4.19. The average molecular weight is 211 g/mol. The third-order valence-corrected chi connectivity index (χ3v) is 1.95. The number of aliphatic hydroxyl groups excluding tert-OH is 2. The number of rotatable bonds is 3. The van der Waals surface area contributed by atoms with E-state index in [0.717, 1.165) is 6.07 Å². The lowest BCUT2D eigenvalue weighted by atomic mass is 10.1. The second-order valence-corrected chi connectivity index (χ2v) is 2.91. The summed E-state index contributed by atoms with van der Waals surface area (Å²) in [7, 11) is 1.32. The molecule has 0 amide bonds. The van der Waals surface area contributed by atoms with Crippen molar-refractivity contribution in [3.63, 3.8) is 0 Å². The highest BCUT2D eigenvalue weighted by Gasteiger charge is 2.18. The molecule has 2 N–H and O–H groups in total. The first kappa shape index (κ1) is 11.4. The molecular weight excluding hydrogens is 201 g/mol. The summed E-state index contributed by atoms with van der Waals surface area (Å²) in [6.45, 7) is 0. The van der Waals surface area contributed by atoms with Crippen molar-refractivity contribution >= 4 is 0 Å². The molecule has 1 aromatic carbocycles. The van der Waals surface area contributed by atoms with Crippen LogP contribution in [0.1, 0.15) is 11.7 Å². The molecule has 4 nitrogen and oxygen atoms in total. The Balaban J connectivity index is 2.98. The largest absolute Gasteiger partial charge is 0.494 e. The summed E-state index contributed by atoms with van der Waals surface area (Å²) in [5.41, 5.74) is 0.127. The van der Waals surface area contributed by atoms with Gasteiger partial charge in [0.05, 0.1) is 13.2 Å². The van der Waals surface area contributed by atoms with Gasteiger partial charge in [0, 0.05) is 0 Å². The molecule has 0 saturated carbocycles. The molecule has 80 valence electrons. The number of hydrogen-bond acceptors (Lipinski definition) is 4. The molecule has 15 heavy (non-hydrogen) atoms. The van der Waals surface area contributed by atoms with E-state index < -0.39 is 18.0 Å². The molecule has 0 aliphatic rings. The molecule has 0 heterocycles. The maximum absolute atomic E-state index is 13.2. The van der Waals surface area contributed by atoms with Crippen LogP contribution in [0.5, 0.6) is 5.75 Å². The van der Waals surface area contributed by atoms with Gasteiger partial charge in [-0.25, -0.2) is 4.39 Å². The summed E-state index contributed by atoms with van der Waals surface area (Å²) in [5, 5.41) is 26.8. The van der Waals surface area contributed by atoms with Gasteiger partial charge in [0.2, 0.25) is 0 Å². The maximum atomic E-state index is 13.2. The Morgan fingerprint density at radius 2 is 2.13 bits per heavy atom. The normalized spacial score (nSPS) is 14.1. The van der Waals surface area contributed by atoms with Crippen molar-refractivity contribution in [1.29, 1.82) is 5.26 Å². The molecule has 0 spiro atoms. The van der Waals surface area contributed by atoms with E-state index in [4.69, 9.17) is 10.4 Å². The first-order chi connectivity index (χ1) is 7.10. The van der Waals surface area contributed by atoms with Crippen molar-refractivity contribution in [2.75, 3.05) is 7.11 Å². The highest BCUT2D eigenvalue weighted by molar-refractivity contribution is 5.31. The Hall–Kier alpha value is -1.64. The molecule has 0 aromatic heterocycles. The van der Waals surface area contributed by atoms with Crippen LogP contribution in [0.15, 0.2) is 18.2 Å². The summed E-state index contributed by atoms with van der Waals surface area (Å²) >= 11 is 0. The Kier molecular flexibility index (Phi) is 3.61. The van der Waals surface area contributed by atoms with Gasteiger partial charge in [0.15, 0.2) is 17.7 Å². The van der Waals surface area contributed by atoms with Gasteiger partial charge in [0.1, 0.15) is 6.10 Å². The van der Waals surface area contributed by atoms with Gasteiger partial charge in [-0.2, -0.15) is 5.26 Å². The van der Waals surface area contributed by atoms with Crippen LogP contribution in [-0.4, -0.2) is 23.4 Å². The first-order valence-electron chi connectivity index (χ1n) is 4.19. The topological polar surface area (TPSA) is 73.5 Å². The predicted molar refractivity (Wildman–Crippen MR) is 49.5 cm³/mol. The lowest BCUT2D eigenvalue weighted by Gasteiger charge is -2.12. The number of ether oxygens (including phenoxy) is 1. The molecule has 0 radical (unpaired) electrons. The number of nitrogens with zero attached hydrogens (tertiary/aromatic N) is 1. The number of benzene rings is 1. The number of nitriles is 1. The second kappa shape index (κ2) is 4.73. The van der Waals surface area contributed by atoms with E-state index in [-0.39, 0.29) is 11.3 Å². The van der Waals surface area contributed by atoms with Gasteiger partial charge in [-0.15, -0.1) is 0 Å². The van der Waals surface area contributed by atoms with Crippen molar-refractivity contribution in [2.45, 2.75) is 12.2 Å². The molecular formula is C10H10FNO3. The molecule has 2 atom stereocenters. The van der Waals surface area contributed by atoms with E-state index in [2.05, 4.69) is 4.74 Å². The Morgan fingerprint density at radius 3 is 2.60 bits per heavy atom. The molecule has 0 bridgehead atoms. The zero-order chi connectivity index (χ0) is 11.4. The van der Waals surface area contributed by atoms with Crippen molar-refractivity contribution in [3.8, 4) is 11.8 Å². The van der Waals surface area contributed by atoms with Gasteiger partial charge in [-0.1, -0.05) is 6.07 Å². The number of halogens is 1. The number of aliphatic hydroxyl groups is 2. The SMILES string of the molecule is COc1ccc(C(O)C(O)C#N)cc1F. The fourth-order valence-electron chi connectivity index (χ4n) is 1.12. The van der Waals surface area contributed by atoms with Crippen LogP contribution in [0, 0.1) is 17.1 Å². The minimum absolute atomic E-state index is 0.0393. The highest BCUT2D eigenvalue weighted by atomic mass is 19.1. The van der Waals surface area contributed by atoms with Gasteiger partial charge in [-0.3, -0.25) is 0 Å². The number of methoxy groups -OCH3 is 1. The lowest BCUT2D eigenvalue weighted by Crippen LogP contribution is -2.15. The monoisotopic (exact) mass is 211 g/mol. The van der Waals surface area contributed by atoms with Crippen molar-refractivity contribution in [2.24, 2.45) is 0 Å². The smallest absolute Gasteiger partial charge is 0.170 e. The highest BCUT2D eigenvalue weighted by Crippen LogP contribution is 2.23. The zero-order valence-corrected chi connectivity index (χ0v) is 8.01. The summed E-state index contributed by atoms with van der Waals surface area (Å²) < 4.78 is 17.9. The lowest BCUT2D eigenvalue weighted by molar-refractivity contribution is 0.0525. The Morgan fingerprint density at radius 1 is 1.47 bits per heavy atom. The summed E-state index contributed by atoms with van der Waals surface area (Å²) in [6, 6.07) is 5.18. The van der Waals surface area contributed by atoms with Crippen LogP contribution < -0.4 is 4.74 Å². The molecule has 0 aliphatic carbocycles. The van der Waals surface area contributed by atoms with Crippen LogP contribution >= 0.6 is 0 Å². The maximum Gasteiger partial charge on any atom is 0.170 e. The molecule has 5 heteroatoms. The van der Waals surface area contributed by atoms with E-state index >= 15 is 0 Å². The van der Waals surface area contributed by atoms with Crippen molar-refractivity contribution < 1.29 is 19.3 Å². The van der Waals surface area contributed by atoms with Crippen LogP contribution in [0.2, 0.25) is 0 Å². The standard InChI is InChI=1S/C10H10FNO3/c1-15-9-3-2-6(4-7(9)11)10(14)8(13)5-12/h2-4,8,10,13-14H,1H3. The third-order valence-electron chi connectivity index (χ3n) is 1.95. The molecule has 1 rings (SSSR count). The van der Waals surface area contributed by atoms with E-state index in [0.29, 0.717) is 0 Å². The van der Waals surface area contributed by atoms with Crippen LogP contribution in [0.25, 0.3) is 0 Å². The van der Waals surface area contributed by atoms with Crippen LogP contribution in [0.4, 0.5) is 4.39 Å². The van der Waals surface area contributed by atoms with E-state index in [1.165, 1.54) is 25.3 Å². The van der Waals surface area contributed by atoms with E-state index in [9.17, 15) is 9.50 Å². The average Bonchev–Trinajstić information content (AvgIpc) is 2.26. The molecule has 2 unspecified atom stereocenters. The number of hydrogen-bond donors (Lipinski definition) is 2. The molecule has 0 fully saturated rings. The summed E-state index contributed by atoms with van der Waals surface area (Å²) in [5.74, 6) is -0.614. The van der Waals surface area contributed by atoms with Crippen LogP contribution in [-0.2, 0) is 0 Å². The van der Waals surface area contributed by atoms with Gasteiger partial charge >= 0.3 is 0 Å². The zero-order valence-electron chi connectivity index (χ0n) is 8.01. The van der Waals surface area contributed by atoms with Gasteiger partial charge < -0.3 is 14.9 Å². The quantitative estimate of drug-likeness (QED) is 0.723.